The SMILES string of the molecule is CCc1ccc(-n2c(SCC(=O)Nc3nc(-c4ccc(OC)cc4)cs3)nnc2-c2ccncc2)cc1. The summed E-state index contributed by atoms with van der Waals surface area (Å²) < 4.78 is 7.18. The molecule has 37 heavy (non-hydrogen) atoms. The molecule has 8 nitrogen and oxygen atoms in total. The number of thiazole rings is 1. The van der Waals surface area contributed by atoms with Crippen molar-refractivity contribution in [2.75, 3.05) is 18.2 Å². The fourth-order valence-electron chi connectivity index (χ4n) is 3.68. The molecule has 0 aliphatic heterocycles. The fourth-order valence-corrected chi connectivity index (χ4v) is 5.16. The number of carbonyl (C=O) groups is 1. The number of aryl methyl sites for hydroxylation is 1. The average Bonchev–Trinajstić information content (AvgIpc) is 3.60. The monoisotopic (exact) mass is 528 g/mol. The minimum absolute atomic E-state index is 0.165. The lowest BCUT2D eigenvalue weighted by Gasteiger charge is -2.11. The minimum atomic E-state index is -0.165. The van der Waals surface area contributed by atoms with Crippen LogP contribution >= 0.6 is 23.1 Å². The second kappa shape index (κ2) is 11.4. The smallest absolute Gasteiger partial charge is 0.236 e. The summed E-state index contributed by atoms with van der Waals surface area (Å²) in [7, 11) is 1.63. The fraction of sp³-hybridized carbons (Fsp3) is 0.148. The number of hydrogen-bond acceptors (Lipinski definition) is 8. The van der Waals surface area contributed by atoms with Gasteiger partial charge in [-0.3, -0.25) is 14.3 Å². The van der Waals surface area contributed by atoms with E-state index in [0.29, 0.717) is 16.1 Å². The van der Waals surface area contributed by atoms with Crippen LogP contribution < -0.4 is 10.1 Å². The van der Waals surface area contributed by atoms with Gasteiger partial charge >= 0.3 is 0 Å². The molecule has 0 fully saturated rings. The molecule has 3 heterocycles. The molecule has 0 unspecified atom stereocenters. The van der Waals surface area contributed by atoms with Crippen LogP contribution in [0.25, 0.3) is 28.3 Å². The van der Waals surface area contributed by atoms with Crippen molar-refractivity contribution in [1.29, 1.82) is 0 Å². The van der Waals surface area contributed by atoms with Crippen molar-refractivity contribution < 1.29 is 9.53 Å². The lowest BCUT2D eigenvalue weighted by molar-refractivity contribution is -0.113. The van der Waals surface area contributed by atoms with Gasteiger partial charge in [-0.1, -0.05) is 30.8 Å². The molecule has 186 valence electrons. The van der Waals surface area contributed by atoms with Crippen LogP contribution in [0.15, 0.2) is 83.6 Å². The van der Waals surface area contributed by atoms with Crippen LogP contribution in [0, 0.1) is 0 Å². The normalized spacial score (nSPS) is 10.9. The summed E-state index contributed by atoms with van der Waals surface area (Å²) in [4.78, 5) is 21.4. The third-order valence-corrected chi connectivity index (χ3v) is 7.33. The van der Waals surface area contributed by atoms with Crippen molar-refractivity contribution in [3.63, 3.8) is 0 Å². The van der Waals surface area contributed by atoms with E-state index in [9.17, 15) is 4.79 Å². The Morgan fingerprint density at radius 2 is 1.76 bits per heavy atom. The lowest BCUT2D eigenvalue weighted by atomic mass is 10.1. The number of aromatic nitrogens is 5. The van der Waals surface area contributed by atoms with Crippen molar-refractivity contribution in [1.82, 2.24) is 24.7 Å². The van der Waals surface area contributed by atoms with Gasteiger partial charge in [-0.15, -0.1) is 21.5 Å². The highest BCUT2D eigenvalue weighted by molar-refractivity contribution is 7.99. The number of methoxy groups -OCH3 is 1. The highest BCUT2D eigenvalue weighted by Gasteiger charge is 2.18. The molecule has 0 saturated heterocycles. The number of benzene rings is 2. The summed E-state index contributed by atoms with van der Waals surface area (Å²) in [5, 5.41) is 14.8. The second-order valence-electron chi connectivity index (χ2n) is 8.00. The van der Waals surface area contributed by atoms with Crippen LogP contribution in [0.1, 0.15) is 12.5 Å². The van der Waals surface area contributed by atoms with Crippen molar-refractivity contribution in [3.05, 3.63) is 84.0 Å². The Balaban J connectivity index is 1.31. The van der Waals surface area contributed by atoms with E-state index in [-0.39, 0.29) is 11.7 Å². The van der Waals surface area contributed by atoms with Gasteiger partial charge in [0.05, 0.1) is 18.6 Å². The van der Waals surface area contributed by atoms with E-state index in [2.05, 4.69) is 44.5 Å². The first kappa shape index (κ1) is 24.7. The van der Waals surface area contributed by atoms with E-state index >= 15 is 0 Å². The number of pyridine rings is 1. The van der Waals surface area contributed by atoms with Crippen LogP contribution in [0.5, 0.6) is 5.75 Å². The largest absolute Gasteiger partial charge is 0.497 e. The van der Waals surface area contributed by atoms with Crippen LogP contribution in [0.3, 0.4) is 0 Å². The number of hydrogen-bond donors (Lipinski definition) is 1. The molecule has 1 N–H and O–H groups in total. The zero-order valence-corrected chi connectivity index (χ0v) is 21.9. The van der Waals surface area contributed by atoms with Crippen molar-refractivity contribution >= 4 is 34.1 Å². The molecule has 5 aromatic rings. The van der Waals surface area contributed by atoms with Gasteiger partial charge in [0.2, 0.25) is 5.91 Å². The summed E-state index contributed by atoms with van der Waals surface area (Å²) in [5.74, 6) is 1.48. The Labute approximate surface area is 222 Å². The van der Waals surface area contributed by atoms with Crippen molar-refractivity contribution in [3.8, 4) is 34.1 Å². The summed E-state index contributed by atoms with van der Waals surface area (Å²) in [6, 6.07) is 19.7. The molecule has 5 rings (SSSR count). The van der Waals surface area contributed by atoms with E-state index < -0.39 is 0 Å². The number of ether oxygens (including phenoxy) is 1. The van der Waals surface area contributed by atoms with E-state index in [1.165, 1.54) is 28.7 Å². The molecule has 0 radical (unpaired) electrons. The Morgan fingerprint density at radius 3 is 2.46 bits per heavy atom. The zero-order valence-electron chi connectivity index (χ0n) is 20.3. The number of carbonyl (C=O) groups excluding carboxylic acids is 1. The Hall–Kier alpha value is -4.02. The molecule has 0 spiro atoms. The molecule has 3 aromatic heterocycles. The molecule has 1 amide bonds. The molecular weight excluding hydrogens is 504 g/mol. The lowest BCUT2D eigenvalue weighted by Crippen LogP contribution is -2.14. The standard InChI is InChI=1S/C27H24N6O2S2/c1-3-18-4-8-21(9-5-18)33-25(20-12-14-28-15-13-20)31-32-27(33)37-17-24(34)30-26-29-23(16-36-26)19-6-10-22(35-2)11-7-19/h4-16H,3,17H2,1-2H3,(H,29,30,34). The second-order valence-corrected chi connectivity index (χ2v) is 9.80. The average molecular weight is 529 g/mol. The van der Waals surface area contributed by atoms with Gasteiger partial charge < -0.3 is 10.1 Å². The Kier molecular flexibility index (Phi) is 7.57. The third-order valence-electron chi connectivity index (χ3n) is 5.64. The molecular formula is C27H24N6O2S2. The molecule has 0 bridgehead atoms. The van der Waals surface area contributed by atoms with E-state index in [4.69, 9.17) is 4.74 Å². The van der Waals surface area contributed by atoms with Gasteiger partial charge in [-0.25, -0.2) is 4.98 Å². The molecule has 0 saturated carbocycles. The number of nitrogens with zero attached hydrogens (tertiary/aromatic N) is 5. The van der Waals surface area contributed by atoms with Gasteiger partial charge in [-0.05, 0) is 60.5 Å². The van der Waals surface area contributed by atoms with Crippen LogP contribution in [0.4, 0.5) is 5.13 Å². The molecule has 2 aromatic carbocycles. The quantitative estimate of drug-likeness (QED) is 0.243. The van der Waals surface area contributed by atoms with E-state index in [0.717, 1.165) is 34.7 Å². The Morgan fingerprint density at radius 1 is 1.00 bits per heavy atom. The topological polar surface area (TPSA) is 94.8 Å². The van der Waals surface area contributed by atoms with E-state index in [1.807, 2.05) is 58.5 Å². The number of amides is 1. The van der Waals surface area contributed by atoms with Gasteiger partial charge in [-0.2, -0.15) is 0 Å². The first-order chi connectivity index (χ1) is 18.1. The van der Waals surface area contributed by atoms with Gasteiger partial charge in [0.25, 0.3) is 0 Å². The first-order valence-corrected chi connectivity index (χ1v) is 13.5. The molecule has 10 heteroatoms. The molecule has 0 atom stereocenters. The maximum absolute atomic E-state index is 12.8. The highest BCUT2D eigenvalue weighted by Crippen LogP contribution is 2.29. The third kappa shape index (κ3) is 5.71. The summed E-state index contributed by atoms with van der Waals surface area (Å²) in [6.07, 6.45) is 4.41. The van der Waals surface area contributed by atoms with E-state index in [1.54, 1.807) is 19.5 Å². The highest BCUT2D eigenvalue weighted by atomic mass is 32.2. The van der Waals surface area contributed by atoms with Gasteiger partial charge in [0, 0.05) is 34.6 Å². The summed E-state index contributed by atoms with van der Waals surface area (Å²) >= 11 is 2.71. The van der Waals surface area contributed by atoms with Crippen LogP contribution in [-0.4, -0.2) is 43.5 Å². The van der Waals surface area contributed by atoms with Crippen LogP contribution in [-0.2, 0) is 11.2 Å². The zero-order chi connectivity index (χ0) is 25.6. The van der Waals surface area contributed by atoms with Crippen LogP contribution in [0.2, 0.25) is 0 Å². The van der Waals surface area contributed by atoms with Gasteiger partial charge in [0.15, 0.2) is 16.1 Å². The number of rotatable bonds is 9. The van der Waals surface area contributed by atoms with Gasteiger partial charge in [0.1, 0.15) is 5.75 Å². The molecule has 0 aliphatic carbocycles. The Bertz CT molecular complexity index is 1480. The predicted octanol–water partition coefficient (Wildman–Crippen LogP) is 5.75. The molecule has 0 aliphatic rings. The number of thioether (sulfide) groups is 1. The minimum Gasteiger partial charge on any atom is -0.497 e. The predicted molar refractivity (Wildman–Crippen MR) is 147 cm³/mol. The maximum Gasteiger partial charge on any atom is 0.236 e. The number of nitrogens with one attached hydrogen (secondary N) is 1. The maximum atomic E-state index is 12.8. The summed E-state index contributed by atoms with van der Waals surface area (Å²) in [5.41, 5.74) is 4.83. The number of anilines is 1. The van der Waals surface area contributed by atoms with Crippen molar-refractivity contribution in [2.24, 2.45) is 0 Å². The van der Waals surface area contributed by atoms with Crippen molar-refractivity contribution in [2.45, 2.75) is 18.5 Å². The first-order valence-electron chi connectivity index (χ1n) is 11.6. The summed E-state index contributed by atoms with van der Waals surface area (Å²) in [6.45, 7) is 2.12.